The highest BCUT2D eigenvalue weighted by atomic mass is 16.5. The fourth-order valence-corrected chi connectivity index (χ4v) is 2.44. The SMILES string of the molecule is Nc1cccc(OCC2CC(c3ccccc3)NN2)c1. The summed E-state index contributed by atoms with van der Waals surface area (Å²) in [5.41, 5.74) is 14.4. The van der Waals surface area contributed by atoms with E-state index in [9.17, 15) is 0 Å². The summed E-state index contributed by atoms with van der Waals surface area (Å²) in [5.74, 6) is 0.815. The Bertz CT molecular complexity index is 559. The maximum absolute atomic E-state index is 5.77. The fraction of sp³-hybridized carbons (Fsp3) is 0.250. The Balaban J connectivity index is 1.53. The molecule has 0 saturated carbocycles. The van der Waals surface area contributed by atoms with E-state index < -0.39 is 0 Å². The molecular weight excluding hydrogens is 250 g/mol. The first kappa shape index (κ1) is 13.0. The molecule has 1 fully saturated rings. The second-order valence-corrected chi connectivity index (χ2v) is 5.07. The lowest BCUT2D eigenvalue weighted by Crippen LogP contribution is -2.34. The quantitative estimate of drug-likeness (QED) is 0.745. The number of hydrazine groups is 1. The highest BCUT2D eigenvalue weighted by Gasteiger charge is 2.25. The summed E-state index contributed by atoms with van der Waals surface area (Å²) in [7, 11) is 0. The van der Waals surface area contributed by atoms with E-state index in [-0.39, 0.29) is 0 Å². The fourth-order valence-electron chi connectivity index (χ4n) is 2.44. The van der Waals surface area contributed by atoms with Crippen LogP contribution in [-0.4, -0.2) is 12.6 Å². The van der Waals surface area contributed by atoms with Crippen LogP contribution in [0, 0.1) is 0 Å². The number of anilines is 1. The van der Waals surface area contributed by atoms with Crippen molar-refractivity contribution in [2.24, 2.45) is 0 Å². The molecular formula is C16H19N3O. The average molecular weight is 269 g/mol. The smallest absolute Gasteiger partial charge is 0.121 e. The lowest BCUT2D eigenvalue weighted by atomic mass is 10.0. The molecule has 0 radical (unpaired) electrons. The van der Waals surface area contributed by atoms with Crippen molar-refractivity contribution in [3.63, 3.8) is 0 Å². The molecule has 4 N–H and O–H groups in total. The average Bonchev–Trinajstić information content (AvgIpc) is 2.95. The molecule has 4 nitrogen and oxygen atoms in total. The van der Waals surface area contributed by atoms with Crippen molar-refractivity contribution in [1.82, 2.24) is 10.9 Å². The topological polar surface area (TPSA) is 59.3 Å². The Hall–Kier alpha value is -2.04. The third kappa shape index (κ3) is 3.10. The third-order valence-corrected chi connectivity index (χ3v) is 3.49. The van der Waals surface area contributed by atoms with Crippen LogP contribution >= 0.6 is 0 Å². The molecule has 4 heteroatoms. The Morgan fingerprint density at radius 2 is 1.90 bits per heavy atom. The summed E-state index contributed by atoms with van der Waals surface area (Å²) in [5, 5.41) is 0. The van der Waals surface area contributed by atoms with E-state index in [2.05, 4.69) is 35.1 Å². The molecule has 0 aliphatic carbocycles. The molecule has 20 heavy (non-hydrogen) atoms. The minimum atomic E-state index is 0.293. The van der Waals surface area contributed by atoms with Gasteiger partial charge in [-0.25, -0.2) is 5.43 Å². The Labute approximate surface area is 118 Å². The van der Waals surface area contributed by atoms with Crippen molar-refractivity contribution in [3.05, 3.63) is 60.2 Å². The van der Waals surface area contributed by atoms with Gasteiger partial charge >= 0.3 is 0 Å². The van der Waals surface area contributed by atoms with Crippen LogP contribution in [0.1, 0.15) is 18.0 Å². The highest BCUT2D eigenvalue weighted by Crippen LogP contribution is 2.22. The molecule has 2 aromatic rings. The zero-order valence-corrected chi connectivity index (χ0v) is 11.3. The summed E-state index contributed by atoms with van der Waals surface area (Å²) >= 11 is 0. The number of rotatable bonds is 4. The van der Waals surface area contributed by atoms with Gasteiger partial charge in [0.15, 0.2) is 0 Å². The van der Waals surface area contributed by atoms with Crippen LogP contribution in [0.5, 0.6) is 5.75 Å². The van der Waals surface area contributed by atoms with Gasteiger partial charge in [-0.3, -0.25) is 5.43 Å². The normalized spacial score (nSPS) is 21.8. The molecule has 0 aromatic heterocycles. The van der Waals surface area contributed by atoms with E-state index in [0.717, 1.165) is 17.9 Å². The summed E-state index contributed by atoms with van der Waals surface area (Å²) in [4.78, 5) is 0. The van der Waals surface area contributed by atoms with Gasteiger partial charge in [-0.2, -0.15) is 0 Å². The number of benzene rings is 2. The van der Waals surface area contributed by atoms with Crippen molar-refractivity contribution in [1.29, 1.82) is 0 Å². The third-order valence-electron chi connectivity index (χ3n) is 3.49. The molecule has 0 bridgehead atoms. The van der Waals surface area contributed by atoms with Crippen molar-refractivity contribution < 1.29 is 4.74 Å². The van der Waals surface area contributed by atoms with E-state index in [4.69, 9.17) is 10.5 Å². The molecule has 2 unspecified atom stereocenters. The maximum Gasteiger partial charge on any atom is 0.121 e. The lowest BCUT2D eigenvalue weighted by Gasteiger charge is -2.12. The Morgan fingerprint density at radius 1 is 1.05 bits per heavy atom. The van der Waals surface area contributed by atoms with Gasteiger partial charge in [-0.1, -0.05) is 36.4 Å². The predicted octanol–water partition coefficient (Wildman–Crippen LogP) is 2.26. The summed E-state index contributed by atoms with van der Waals surface area (Å²) in [6, 6.07) is 18.6. The van der Waals surface area contributed by atoms with E-state index >= 15 is 0 Å². The van der Waals surface area contributed by atoms with Crippen LogP contribution in [0.2, 0.25) is 0 Å². The van der Waals surface area contributed by atoms with Gasteiger partial charge in [0.05, 0.1) is 6.04 Å². The van der Waals surface area contributed by atoms with Gasteiger partial charge in [0.25, 0.3) is 0 Å². The van der Waals surface area contributed by atoms with Crippen molar-refractivity contribution in [3.8, 4) is 5.75 Å². The van der Waals surface area contributed by atoms with Crippen molar-refractivity contribution in [2.45, 2.75) is 18.5 Å². The molecule has 104 valence electrons. The zero-order chi connectivity index (χ0) is 13.8. The minimum Gasteiger partial charge on any atom is -0.492 e. The monoisotopic (exact) mass is 269 g/mol. The molecule has 2 aromatic carbocycles. The van der Waals surface area contributed by atoms with Gasteiger partial charge in [0, 0.05) is 17.8 Å². The molecule has 1 aliphatic heterocycles. The molecule has 3 rings (SSSR count). The maximum atomic E-state index is 5.77. The molecule has 0 amide bonds. The van der Waals surface area contributed by atoms with Crippen LogP contribution in [0.4, 0.5) is 5.69 Å². The van der Waals surface area contributed by atoms with Crippen molar-refractivity contribution in [2.75, 3.05) is 12.3 Å². The minimum absolute atomic E-state index is 0.293. The van der Waals surface area contributed by atoms with Gasteiger partial charge in [-0.05, 0) is 24.1 Å². The lowest BCUT2D eigenvalue weighted by molar-refractivity contribution is 0.273. The Kier molecular flexibility index (Phi) is 3.85. The number of hydrogen-bond donors (Lipinski definition) is 3. The van der Waals surface area contributed by atoms with Gasteiger partial charge in [0.2, 0.25) is 0 Å². The zero-order valence-electron chi connectivity index (χ0n) is 11.3. The first-order chi connectivity index (χ1) is 9.81. The predicted molar refractivity (Wildman–Crippen MR) is 80.2 cm³/mol. The van der Waals surface area contributed by atoms with Crippen LogP contribution in [0.25, 0.3) is 0 Å². The second kappa shape index (κ2) is 5.94. The first-order valence-corrected chi connectivity index (χ1v) is 6.85. The van der Waals surface area contributed by atoms with E-state index in [0.29, 0.717) is 18.7 Å². The van der Waals surface area contributed by atoms with Gasteiger partial charge < -0.3 is 10.5 Å². The van der Waals surface area contributed by atoms with Gasteiger partial charge in [-0.15, -0.1) is 0 Å². The molecule has 0 spiro atoms. The van der Waals surface area contributed by atoms with Crippen LogP contribution < -0.4 is 21.3 Å². The number of nitrogen functional groups attached to an aromatic ring is 1. The number of nitrogens with two attached hydrogens (primary N) is 1. The van der Waals surface area contributed by atoms with E-state index in [1.165, 1.54) is 5.56 Å². The second-order valence-electron chi connectivity index (χ2n) is 5.07. The molecule has 1 heterocycles. The summed E-state index contributed by atoms with van der Waals surface area (Å²) < 4.78 is 5.77. The van der Waals surface area contributed by atoms with Gasteiger partial charge in [0.1, 0.15) is 12.4 Å². The largest absolute Gasteiger partial charge is 0.492 e. The summed E-state index contributed by atoms with van der Waals surface area (Å²) in [6.07, 6.45) is 1.01. The summed E-state index contributed by atoms with van der Waals surface area (Å²) in [6.45, 7) is 0.625. The van der Waals surface area contributed by atoms with E-state index in [1.807, 2.05) is 30.3 Å². The van der Waals surface area contributed by atoms with Crippen LogP contribution in [-0.2, 0) is 0 Å². The standard InChI is InChI=1S/C16H19N3O/c17-13-7-4-8-15(9-13)20-11-14-10-16(19-18-14)12-5-2-1-3-6-12/h1-9,14,16,18-19H,10-11,17H2. The van der Waals surface area contributed by atoms with E-state index in [1.54, 1.807) is 0 Å². The van der Waals surface area contributed by atoms with Crippen molar-refractivity contribution >= 4 is 5.69 Å². The number of nitrogens with one attached hydrogen (secondary N) is 2. The van der Waals surface area contributed by atoms with Crippen LogP contribution in [0.3, 0.4) is 0 Å². The number of ether oxygens (including phenoxy) is 1. The Morgan fingerprint density at radius 3 is 2.70 bits per heavy atom. The number of hydrogen-bond acceptors (Lipinski definition) is 4. The molecule has 1 saturated heterocycles. The molecule has 2 atom stereocenters. The highest BCUT2D eigenvalue weighted by molar-refractivity contribution is 5.43. The molecule has 1 aliphatic rings. The first-order valence-electron chi connectivity index (χ1n) is 6.85. The van der Waals surface area contributed by atoms with Crippen LogP contribution in [0.15, 0.2) is 54.6 Å².